The number of rotatable bonds is 2. The van der Waals surface area contributed by atoms with Gasteiger partial charge in [0.25, 0.3) is 10.1 Å². The van der Waals surface area contributed by atoms with E-state index in [1.807, 2.05) is 0 Å². The summed E-state index contributed by atoms with van der Waals surface area (Å²) in [6.45, 7) is 0. The van der Waals surface area contributed by atoms with Crippen LogP contribution < -0.4 is 6.15 Å². The molecule has 0 atom stereocenters. The molecule has 0 radical (unpaired) electrons. The monoisotopic (exact) mass is 219 g/mol. The van der Waals surface area contributed by atoms with Crippen molar-refractivity contribution in [3.05, 3.63) is 29.8 Å². The number of carboxylic acid groups (broad SMARTS) is 1. The molecule has 0 saturated carbocycles. The van der Waals surface area contributed by atoms with Gasteiger partial charge in [0.05, 0.1) is 10.5 Å². The van der Waals surface area contributed by atoms with Crippen molar-refractivity contribution in [2.75, 3.05) is 0 Å². The first kappa shape index (κ1) is 12.6. The summed E-state index contributed by atoms with van der Waals surface area (Å²) in [5, 5.41) is 8.50. The van der Waals surface area contributed by atoms with Gasteiger partial charge in [-0.15, -0.1) is 0 Å². The van der Waals surface area contributed by atoms with Crippen molar-refractivity contribution in [2.24, 2.45) is 0 Å². The molecule has 0 aliphatic carbocycles. The number of aromatic carboxylic acids is 1. The predicted octanol–water partition coefficient (Wildman–Crippen LogP) is 0.794. The molecule has 0 amide bonds. The van der Waals surface area contributed by atoms with Crippen LogP contribution >= 0.6 is 0 Å². The van der Waals surface area contributed by atoms with Crippen molar-refractivity contribution in [2.45, 2.75) is 4.90 Å². The fourth-order valence-electron chi connectivity index (χ4n) is 0.790. The third-order valence-corrected chi connectivity index (χ3v) is 2.23. The summed E-state index contributed by atoms with van der Waals surface area (Å²) in [5.74, 6) is -1.24. The van der Waals surface area contributed by atoms with E-state index in [2.05, 4.69) is 0 Å². The Morgan fingerprint density at radius 2 is 1.86 bits per heavy atom. The molecule has 5 N–H and O–H groups in total. The van der Waals surface area contributed by atoms with Gasteiger partial charge in [0.15, 0.2) is 0 Å². The lowest BCUT2D eigenvalue weighted by Crippen LogP contribution is -2.01. The summed E-state index contributed by atoms with van der Waals surface area (Å²) in [5.41, 5.74) is -0.185. The first-order chi connectivity index (χ1) is 5.91. The van der Waals surface area contributed by atoms with Crippen LogP contribution in [0.2, 0.25) is 0 Å². The van der Waals surface area contributed by atoms with E-state index in [9.17, 15) is 13.2 Å². The first-order valence-corrected chi connectivity index (χ1v) is 4.66. The Morgan fingerprint density at radius 3 is 2.29 bits per heavy atom. The highest BCUT2D eigenvalue weighted by atomic mass is 32.2. The average Bonchev–Trinajstić information content (AvgIpc) is 2.03. The van der Waals surface area contributed by atoms with Gasteiger partial charge in [-0.25, -0.2) is 4.79 Å². The molecule has 0 saturated heterocycles. The quantitative estimate of drug-likeness (QED) is 0.631. The SMILES string of the molecule is N.O=C(O)c1cccc(S(=O)(=O)O)c1. The third kappa shape index (κ3) is 2.80. The van der Waals surface area contributed by atoms with E-state index >= 15 is 0 Å². The summed E-state index contributed by atoms with van der Waals surface area (Å²) in [4.78, 5) is 9.98. The molecule has 0 aromatic heterocycles. The zero-order valence-electron chi connectivity index (χ0n) is 7.04. The molecule has 0 spiro atoms. The second-order valence-electron chi connectivity index (χ2n) is 2.31. The van der Waals surface area contributed by atoms with E-state index in [1.165, 1.54) is 12.1 Å². The van der Waals surface area contributed by atoms with Gasteiger partial charge in [-0.05, 0) is 18.2 Å². The number of hydrogen-bond acceptors (Lipinski definition) is 4. The molecular formula is C7H9NO5S. The maximum Gasteiger partial charge on any atom is 0.335 e. The van der Waals surface area contributed by atoms with Crippen LogP contribution in [0, 0.1) is 0 Å². The van der Waals surface area contributed by atoms with Crippen LogP contribution in [0.4, 0.5) is 0 Å². The zero-order chi connectivity index (χ0) is 10.1. The van der Waals surface area contributed by atoms with Crippen LogP contribution in [-0.4, -0.2) is 24.0 Å². The maximum absolute atomic E-state index is 10.6. The average molecular weight is 219 g/mol. The number of carboxylic acids is 1. The van der Waals surface area contributed by atoms with Crippen molar-refractivity contribution >= 4 is 16.1 Å². The standard InChI is InChI=1S/C7H6O5S.H3N/c8-7(9)5-2-1-3-6(4-5)13(10,11)12;/h1-4H,(H,8,9)(H,10,11,12);1H3. The van der Waals surface area contributed by atoms with Crippen molar-refractivity contribution < 1.29 is 22.9 Å². The van der Waals surface area contributed by atoms with Crippen LogP contribution in [0.5, 0.6) is 0 Å². The Hall–Kier alpha value is -1.44. The van der Waals surface area contributed by atoms with E-state index in [-0.39, 0.29) is 11.7 Å². The predicted molar refractivity (Wildman–Crippen MR) is 48.2 cm³/mol. The minimum atomic E-state index is -4.32. The summed E-state index contributed by atoms with van der Waals surface area (Å²) < 4.78 is 29.7. The Balaban J connectivity index is 0.00000169. The van der Waals surface area contributed by atoms with E-state index in [4.69, 9.17) is 9.66 Å². The number of benzene rings is 1. The molecule has 14 heavy (non-hydrogen) atoms. The highest BCUT2D eigenvalue weighted by Crippen LogP contribution is 2.10. The molecule has 0 heterocycles. The van der Waals surface area contributed by atoms with E-state index < -0.39 is 21.0 Å². The van der Waals surface area contributed by atoms with Crippen LogP contribution in [0.25, 0.3) is 0 Å². The van der Waals surface area contributed by atoms with Gasteiger partial charge in [-0.2, -0.15) is 8.42 Å². The first-order valence-electron chi connectivity index (χ1n) is 3.22. The van der Waals surface area contributed by atoms with Crippen molar-refractivity contribution in [3.63, 3.8) is 0 Å². The summed E-state index contributed by atoms with van der Waals surface area (Å²) in [7, 11) is -4.32. The summed E-state index contributed by atoms with van der Waals surface area (Å²) >= 11 is 0. The lowest BCUT2D eigenvalue weighted by molar-refractivity contribution is 0.0696. The molecule has 6 nitrogen and oxygen atoms in total. The van der Waals surface area contributed by atoms with Crippen molar-refractivity contribution in [1.82, 2.24) is 6.15 Å². The van der Waals surface area contributed by atoms with Crippen LogP contribution in [0.3, 0.4) is 0 Å². The molecule has 1 aromatic carbocycles. The van der Waals surface area contributed by atoms with E-state index in [0.717, 1.165) is 12.1 Å². The van der Waals surface area contributed by atoms with Crippen LogP contribution in [0.15, 0.2) is 29.2 Å². The smallest absolute Gasteiger partial charge is 0.335 e. The molecule has 0 aliphatic rings. The van der Waals surface area contributed by atoms with Gasteiger partial charge in [0.2, 0.25) is 0 Å². The summed E-state index contributed by atoms with van der Waals surface area (Å²) in [6, 6.07) is 4.48. The normalized spacial score (nSPS) is 10.4. The topological polar surface area (TPSA) is 127 Å². The lowest BCUT2D eigenvalue weighted by atomic mass is 10.2. The number of carbonyl (C=O) groups is 1. The minimum absolute atomic E-state index is 0. The van der Waals surface area contributed by atoms with E-state index in [1.54, 1.807) is 0 Å². The Labute approximate surface area is 80.5 Å². The molecule has 7 heteroatoms. The Bertz CT molecular complexity index is 439. The minimum Gasteiger partial charge on any atom is -0.478 e. The maximum atomic E-state index is 10.6. The highest BCUT2D eigenvalue weighted by Gasteiger charge is 2.11. The van der Waals surface area contributed by atoms with E-state index in [0.29, 0.717) is 0 Å². The molecular weight excluding hydrogens is 210 g/mol. The van der Waals surface area contributed by atoms with Gasteiger partial charge in [-0.1, -0.05) is 6.07 Å². The van der Waals surface area contributed by atoms with Gasteiger partial charge >= 0.3 is 5.97 Å². The molecule has 0 bridgehead atoms. The zero-order valence-corrected chi connectivity index (χ0v) is 7.86. The lowest BCUT2D eigenvalue weighted by Gasteiger charge is -1.97. The third-order valence-electron chi connectivity index (χ3n) is 1.38. The van der Waals surface area contributed by atoms with Gasteiger partial charge < -0.3 is 11.3 Å². The second-order valence-corrected chi connectivity index (χ2v) is 3.73. The molecule has 0 fully saturated rings. The fourth-order valence-corrected chi connectivity index (χ4v) is 1.32. The second kappa shape index (κ2) is 4.18. The molecule has 1 aromatic rings. The molecule has 0 aliphatic heterocycles. The van der Waals surface area contributed by atoms with Crippen molar-refractivity contribution in [3.8, 4) is 0 Å². The number of hydrogen-bond donors (Lipinski definition) is 3. The van der Waals surface area contributed by atoms with Gasteiger partial charge in [0, 0.05) is 0 Å². The van der Waals surface area contributed by atoms with Crippen LogP contribution in [0.1, 0.15) is 10.4 Å². The van der Waals surface area contributed by atoms with Crippen LogP contribution in [-0.2, 0) is 10.1 Å². The fraction of sp³-hybridized carbons (Fsp3) is 0. The highest BCUT2D eigenvalue weighted by molar-refractivity contribution is 7.85. The Morgan fingerprint density at radius 1 is 1.29 bits per heavy atom. The molecule has 0 unspecified atom stereocenters. The van der Waals surface area contributed by atoms with Gasteiger partial charge in [0.1, 0.15) is 0 Å². The molecule has 1 rings (SSSR count). The molecule has 78 valence electrons. The van der Waals surface area contributed by atoms with Gasteiger partial charge in [-0.3, -0.25) is 4.55 Å². The Kier molecular flexibility index (Phi) is 3.75. The summed E-state index contributed by atoms with van der Waals surface area (Å²) in [6.07, 6.45) is 0. The largest absolute Gasteiger partial charge is 0.478 e. The van der Waals surface area contributed by atoms with Crippen molar-refractivity contribution in [1.29, 1.82) is 0 Å².